The molecule has 3 aromatic carbocycles. The van der Waals surface area contributed by atoms with Gasteiger partial charge in [0, 0.05) is 0 Å². The largest absolute Gasteiger partial charge is 0.242 e. The molecule has 0 saturated heterocycles. The van der Waals surface area contributed by atoms with E-state index >= 15 is 0 Å². The Balaban J connectivity index is 2.05. The van der Waals surface area contributed by atoms with E-state index in [-0.39, 0.29) is 10.8 Å². The Morgan fingerprint density at radius 3 is 2.08 bits per heavy atom. The average molecular weight is 352 g/mol. The fourth-order valence-electron chi connectivity index (χ4n) is 2.76. The van der Waals surface area contributed by atoms with Crippen molar-refractivity contribution in [2.24, 2.45) is 0 Å². The lowest BCUT2D eigenvalue weighted by Crippen LogP contribution is -2.36. The highest BCUT2D eigenvalue weighted by atomic mass is 32.2. The second kappa shape index (κ2) is 7.11. The number of nitrogens with one attached hydrogen (secondary N) is 1. The van der Waals surface area contributed by atoms with Crippen LogP contribution in [0.3, 0.4) is 0 Å². The Bertz CT molecular complexity index is 894. The van der Waals surface area contributed by atoms with Gasteiger partial charge in [-0.3, -0.25) is 0 Å². The first kappa shape index (κ1) is 17.8. The van der Waals surface area contributed by atoms with Crippen LogP contribution in [0.2, 0.25) is 0 Å². The number of hydrogen-bond donors (Lipinski definition) is 1. The van der Waals surface area contributed by atoms with Crippen molar-refractivity contribution in [3.63, 3.8) is 0 Å². The number of rotatable bonds is 4. The van der Waals surface area contributed by atoms with E-state index in [0.717, 1.165) is 11.1 Å². The van der Waals surface area contributed by atoms with Crippen LogP contribution in [0.5, 0.6) is 0 Å². The third-order valence-electron chi connectivity index (χ3n) is 4.30. The Labute approximate surface area is 152 Å². The van der Waals surface area contributed by atoms with Gasteiger partial charge in [0.25, 0.3) is 0 Å². The molecular weight excluding hydrogens is 326 g/mol. The summed E-state index contributed by atoms with van der Waals surface area (Å²) in [5.74, 6) is 0. The van der Waals surface area contributed by atoms with Crippen molar-refractivity contribution in [3.05, 3.63) is 83.4 Å². The summed E-state index contributed by atoms with van der Waals surface area (Å²) in [6.07, 6.45) is 0. The van der Waals surface area contributed by atoms with Crippen molar-refractivity contribution in [2.75, 3.05) is 0 Å². The monoisotopic (exact) mass is 351 g/mol. The molecule has 0 radical (unpaired) electrons. The molecule has 130 valence electrons. The molecule has 25 heavy (non-hydrogen) atoms. The quantitative estimate of drug-likeness (QED) is 0.680. The first-order valence-electron chi connectivity index (χ1n) is 8.58. The number of fused-ring (bicyclic) bond motifs is 1. The van der Waals surface area contributed by atoms with Gasteiger partial charge in [-0.15, -0.1) is 0 Å². The summed E-state index contributed by atoms with van der Waals surface area (Å²) in [7, 11) is -1.16. The highest BCUT2D eigenvalue weighted by molar-refractivity contribution is 7.84. The molecule has 3 rings (SSSR count). The van der Waals surface area contributed by atoms with Crippen LogP contribution in [0.15, 0.2) is 66.7 Å². The van der Waals surface area contributed by atoms with Gasteiger partial charge >= 0.3 is 0 Å². The van der Waals surface area contributed by atoms with Crippen LogP contribution in [0.25, 0.3) is 10.8 Å². The summed E-state index contributed by atoms with van der Waals surface area (Å²) in [6.45, 7) is 8.05. The molecule has 1 N–H and O–H groups in total. The number of aryl methyl sites for hydroxylation is 1. The maximum atomic E-state index is 12.8. The first-order chi connectivity index (χ1) is 11.8. The van der Waals surface area contributed by atoms with E-state index in [9.17, 15) is 4.21 Å². The molecule has 0 aliphatic carbocycles. The topological polar surface area (TPSA) is 29.1 Å². The van der Waals surface area contributed by atoms with E-state index in [1.54, 1.807) is 0 Å². The predicted octanol–water partition coefficient (Wildman–Crippen LogP) is 5.29. The zero-order valence-corrected chi connectivity index (χ0v) is 16.1. The van der Waals surface area contributed by atoms with Crippen LogP contribution in [0, 0.1) is 6.92 Å². The lowest BCUT2D eigenvalue weighted by molar-refractivity contribution is 0.623. The Morgan fingerprint density at radius 2 is 1.44 bits per heavy atom. The maximum Gasteiger partial charge on any atom is 0.0979 e. The summed E-state index contributed by atoms with van der Waals surface area (Å²) < 4.78 is 15.8. The molecular formula is C22H25NOS. The van der Waals surface area contributed by atoms with E-state index in [1.807, 2.05) is 32.9 Å². The third kappa shape index (κ3) is 4.17. The van der Waals surface area contributed by atoms with Crippen LogP contribution < -0.4 is 4.72 Å². The molecule has 0 heterocycles. The van der Waals surface area contributed by atoms with Crippen LogP contribution in [0.4, 0.5) is 0 Å². The summed E-state index contributed by atoms with van der Waals surface area (Å²) in [5, 5.41) is 2.41. The lowest BCUT2D eigenvalue weighted by Gasteiger charge is -2.25. The van der Waals surface area contributed by atoms with Crippen LogP contribution in [-0.2, 0) is 11.0 Å². The molecule has 0 aliphatic heterocycles. The molecule has 2 atom stereocenters. The van der Waals surface area contributed by atoms with Gasteiger partial charge in [-0.2, -0.15) is 0 Å². The molecule has 3 aromatic rings. The smallest absolute Gasteiger partial charge is 0.0979 e. The molecule has 0 saturated carbocycles. The van der Waals surface area contributed by atoms with E-state index in [2.05, 4.69) is 66.2 Å². The van der Waals surface area contributed by atoms with Gasteiger partial charge in [0.05, 0.1) is 21.8 Å². The number of benzene rings is 3. The summed E-state index contributed by atoms with van der Waals surface area (Å²) >= 11 is 0. The SMILES string of the molecule is Cc1ccc([C@H](NS(=O)C(C)(C)C)c2ccc3ccccc3c2)cc1. The van der Waals surface area contributed by atoms with Crippen LogP contribution in [0.1, 0.15) is 43.5 Å². The van der Waals surface area contributed by atoms with E-state index in [1.165, 1.54) is 16.3 Å². The van der Waals surface area contributed by atoms with Crippen molar-refractivity contribution in [2.45, 2.75) is 38.5 Å². The normalized spacial score (nSPS) is 14.4. The molecule has 0 aliphatic rings. The van der Waals surface area contributed by atoms with Crippen molar-refractivity contribution in [1.29, 1.82) is 0 Å². The second-order valence-electron chi connectivity index (χ2n) is 7.45. The highest BCUT2D eigenvalue weighted by Gasteiger charge is 2.24. The van der Waals surface area contributed by atoms with Gasteiger partial charge in [-0.1, -0.05) is 66.2 Å². The summed E-state index contributed by atoms with van der Waals surface area (Å²) in [4.78, 5) is 0. The molecule has 0 amide bonds. The minimum atomic E-state index is -1.16. The maximum absolute atomic E-state index is 12.8. The van der Waals surface area contributed by atoms with Crippen molar-refractivity contribution < 1.29 is 4.21 Å². The second-order valence-corrected chi connectivity index (χ2v) is 9.45. The first-order valence-corrected chi connectivity index (χ1v) is 9.73. The summed E-state index contributed by atoms with van der Waals surface area (Å²) in [5.41, 5.74) is 3.47. The molecule has 0 fully saturated rings. The van der Waals surface area contributed by atoms with Crippen molar-refractivity contribution >= 4 is 21.8 Å². The molecule has 0 bridgehead atoms. The molecule has 2 nitrogen and oxygen atoms in total. The molecule has 0 spiro atoms. The van der Waals surface area contributed by atoms with Gasteiger partial charge in [-0.05, 0) is 55.7 Å². The zero-order chi connectivity index (χ0) is 18.0. The average Bonchev–Trinajstić information content (AvgIpc) is 2.59. The van der Waals surface area contributed by atoms with Crippen LogP contribution in [-0.4, -0.2) is 8.96 Å². The van der Waals surface area contributed by atoms with Gasteiger partial charge in [0.1, 0.15) is 0 Å². The molecule has 1 unspecified atom stereocenters. The molecule has 3 heteroatoms. The Kier molecular flexibility index (Phi) is 5.07. The standard InChI is InChI=1S/C22H25NOS/c1-16-9-11-18(12-10-16)21(23-25(24)22(2,3)4)20-14-13-17-7-5-6-8-19(17)15-20/h5-15,21,23H,1-4H3/t21-,25?/m0/s1. The number of hydrogen-bond acceptors (Lipinski definition) is 1. The molecule has 0 aromatic heterocycles. The van der Waals surface area contributed by atoms with Gasteiger partial charge < -0.3 is 0 Å². The third-order valence-corrected chi connectivity index (χ3v) is 5.86. The summed E-state index contributed by atoms with van der Waals surface area (Å²) in [6, 6.07) is 23.1. The lowest BCUT2D eigenvalue weighted by atomic mass is 9.96. The predicted molar refractivity (Wildman–Crippen MR) is 108 cm³/mol. The fraction of sp³-hybridized carbons (Fsp3) is 0.273. The van der Waals surface area contributed by atoms with Crippen molar-refractivity contribution in [3.8, 4) is 0 Å². The van der Waals surface area contributed by atoms with E-state index < -0.39 is 11.0 Å². The van der Waals surface area contributed by atoms with Gasteiger partial charge in [0.15, 0.2) is 0 Å². The van der Waals surface area contributed by atoms with Crippen molar-refractivity contribution in [1.82, 2.24) is 4.72 Å². The zero-order valence-electron chi connectivity index (χ0n) is 15.2. The van der Waals surface area contributed by atoms with E-state index in [0.29, 0.717) is 0 Å². The fourth-order valence-corrected chi connectivity index (χ4v) is 3.60. The van der Waals surface area contributed by atoms with Gasteiger partial charge in [0.2, 0.25) is 0 Å². The van der Waals surface area contributed by atoms with Crippen LogP contribution >= 0.6 is 0 Å². The Hall–Kier alpha value is -1.97. The Morgan fingerprint density at radius 1 is 0.840 bits per heavy atom. The minimum Gasteiger partial charge on any atom is -0.242 e. The highest BCUT2D eigenvalue weighted by Crippen LogP contribution is 2.27. The van der Waals surface area contributed by atoms with E-state index in [4.69, 9.17) is 0 Å². The minimum absolute atomic E-state index is 0.106. The van der Waals surface area contributed by atoms with Gasteiger partial charge in [-0.25, -0.2) is 8.93 Å².